The summed E-state index contributed by atoms with van der Waals surface area (Å²) in [6.45, 7) is 3.98. The van der Waals surface area contributed by atoms with Crippen molar-refractivity contribution in [2.24, 2.45) is 23.7 Å². The number of carbonyl (C=O) groups excluding carboxylic acids is 1. The number of allylic oxidation sites excluding steroid dienone is 1. The van der Waals surface area contributed by atoms with Gasteiger partial charge in [-0.15, -0.1) is 0 Å². The van der Waals surface area contributed by atoms with Gasteiger partial charge in [0.1, 0.15) is 0 Å². The summed E-state index contributed by atoms with van der Waals surface area (Å²) in [5.41, 5.74) is 0. The Hall–Kier alpha value is -1.91. The predicted molar refractivity (Wildman–Crippen MR) is 109 cm³/mol. The molecule has 1 aromatic rings. The Kier molecular flexibility index (Phi) is 7.68. The Labute approximate surface area is 172 Å². The van der Waals surface area contributed by atoms with Crippen LogP contribution in [0.5, 0.6) is 11.5 Å². The van der Waals surface area contributed by atoms with Crippen LogP contribution in [0.15, 0.2) is 24.5 Å². The van der Waals surface area contributed by atoms with Crippen LogP contribution in [0.4, 0.5) is 8.78 Å². The minimum atomic E-state index is -1.19. The van der Waals surface area contributed by atoms with E-state index in [-0.39, 0.29) is 17.4 Å². The number of hydrogen-bond donors (Lipinski definition) is 0. The van der Waals surface area contributed by atoms with Crippen LogP contribution >= 0.6 is 0 Å². The van der Waals surface area contributed by atoms with Gasteiger partial charge >= 0.3 is 5.97 Å². The summed E-state index contributed by atoms with van der Waals surface area (Å²) >= 11 is 0. The average Bonchev–Trinajstić information content (AvgIpc) is 2.76. The maximum atomic E-state index is 14.2. The van der Waals surface area contributed by atoms with Gasteiger partial charge in [-0.05, 0) is 75.3 Å². The third-order valence-electron chi connectivity index (χ3n) is 6.79. The molecule has 0 aromatic heterocycles. The summed E-state index contributed by atoms with van der Waals surface area (Å²) in [5.74, 6) is -1.29. The van der Waals surface area contributed by atoms with Gasteiger partial charge in [0.05, 0.1) is 12.2 Å². The highest BCUT2D eigenvalue weighted by molar-refractivity contribution is 5.75. The molecule has 0 amide bonds. The smallest absolute Gasteiger partial charge is 0.314 e. The molecule has 160 valence electrons. The van der Waals surface area contributed by atoms with Gasteiger partial charge in [0, 0.05) is 0 Å². The standard InChI is InChI=1S/C24H32F2O3/c1-3-15-28-20-13-14-21(23(26)22(20)25)29-24(27)19-11-9-18(10-12-19)17-7-5-16(4-2)6-8-17/h3,13-19H,4-12H2,1-2H3/b15-3+. The van der Waals surface area contributed by atoms with Gasteiger partial charge in [-0.3, -0.25) is 4.79 Å². The zero-order valence-corrected chi connectivity index (χ0v) is 17.5. The van der Waals surface area contributed by atoms with Crippen LogP contribution in [0.1, 0.15) is 71.6 Å². The first kappa shape index (κ1) is 21.8. The molecule has 0 atom stereocenters. The zero-order valence-electron chi connectivity index (χ0n) is 17.5. The molecule has 1 aromatic carbocycles. The number of halogens is 2. The van der Waals surface area contributed by atoms with E-state index in [1.807, 2.05) is 0 Å². The topological polar surface area (TPSA) is 35.5 Å². The van der Waals surface area contributed by atoms with Crippen molar-refractivity contribution in [2.75, 3.05) is 0 Å². The monoisotopic (exact) mass is 406 g/mol. The van der Waals surface area contributed by atoms with Gasteiger partial charge in [0.25, 0.3) is 0 Å². The van der Waals surface area contributed by atoms with E-state index in [0.717, 1.165) is 37.5 Å². The van der Waals surface area contributed by atoms with Crippen molar-refractivity contribution in [1.29, 1.82) is 0 Å². The van der Waals surface area contributed by atoms with Gasteiger partial charge in [-0.1, -0.05) is 32.3 Å². The molecule has 2 saturated carbocycles. The van der Waals surface area contributed by atoms with Crippen LogP contribution < -0.4 is 9.47 Å². The third kappa shape index (κ3) is 5.37. The number of esters is 1. The molecule has 2 aliphatic carbocycles. The van der Waals surface area contributed by atoms with Gasteiger partial charge in [-0.25, -0.2) is 0 Å². The van der Waals surface area contributed by atoms with E-state index in [1.54, 1.807) is 13.0 Å². The minimum absolute atomic E-state index is 0.236. The Morgan fingerprint density at radius 1 is 0.966 bits per heavy atom. The molecule has 2 fully saturated rings. The molecular formula is C24H32F2O3. The van der Waals surface area contributed by atoms with E-state index in [0.29, 0.717) is 5.92 Å². The van der Waals surface area contributed by atoms with E-state index < -0.39 is 17.6 Å². The summed E-state index contributed by atoms with van der Waals surface area (Å²) in [6.07, 6.45) is 13.0. The zero-order chi connectivity index (χ0) is 20.8. The molecule has 0 unspecified atom stereocenters. The molecule has 0 bridgehead atoms. The van der Waals surface area contributed by atoms with E-state index in [1.165, 1.54) is 50.5 Å². The lowest BCUT2D eigenvalue weighted by Crippen LogP contribution is -2.30. The summed E-state index contributed by atoms with van der Waals surface area (Å²) in [4.78, 5) is 12.5. The molecule has 0 aliphatic heterocycles. The van der Waals surface area contributed by atoms with Crippen LogP contribution in [0.25, 0.3) is 0 Å². The molecule has 5 heteroatoms. The Bertz CT molecular complexity index is 715. The Morgan fingerprint density at radius 2 is 1.52 bits per heavy atom. The average molecular weight is 407 g/mol. The molecular weight excluding hydrogens is 374 g/mol. The van der Waals surface area contributed by atoms with Crippen LogP contribution in [0.2, 0.25) is 0 Å². The normalized spacial score (nSPS) is 27.7. The lowest BCUT2D eigenvalue weighted by atomic mass is 9.69. The molecule has 0 radical (unpaired) electrons. The van der Waals surface area contributed by atoms with Gasteiger partial charge in [0.15, 0.2) is 11.5 Å². The largest absolute Gasteiger partial charge is 0.462 e. The number of carbonyl (C=O) groups is 1. The van der Waals surface area contributed by atoms with Gasteiger partial charge < -0.3 is 9.47 Å². The molecule has 3 rings (SSSR count). The number of hydrogen-bond acceptors (Lipinski definition) is 3. The lowest BCUT2D eigenvalue weighted by Gasteiger charge is -2.37. The Morgan fingerprint density at radius 3 is 2.10 bits per heavy atom. The first-order valence-corrected chi connectivity index (χ1v) is 11.0. The first-order valence-electron chi connectivity index (χ1n) is 11.0. The second-order valence-electron chi connectivity index (χ2n) is 8.50. The summed E-state index contributed by atoms with van der Waals surface area (Å²) < 4.78 is 38.5. The van der Waals surface area contributed by atoms with E-state index in [4.69, 9.17) is 9.47 Å². The second kappa shape index (κ2) is 10.2. The predicted octanol–water partition coefficient (Wildman–Crippen LogP) is 6.81. The SMILES string of the molecule is C/C=C/Oc1ccc(OC(=O)C2CCC(C3CCC(CC)CC3)CC2)c(F)c1F. The van der Waals surface area contributed by atoms with Crippen LogP contribution in [-0.2, 0) is 4.79 Å². The number of ether oxygens (including phenoxy) is 2. The highest BCUT2D eigenvalue weighted by Crippen LogP contribution is 2.42. The number of benzene rings is 1. The van der Waals surface area contributed by atoms with E-state index >= 15 is 0 Å². The van der Waals surface area contributed by atoms with Gasteiger partial charge in [-0.2, -0.15) is 8.78 Å². The molecule has 0 N–H and O–H groups in total. The second-order valence-corrected chi connectivity index (χ2v) is 8.50. The first-order chi connectivity index (χ1) is 14.0. The Balaban J connectivity index is 1.52. The third-order valence-corrected chi connectivity index (χ3v) is 6.79. The summed E-state index contributed by atoms with van der Waals surface area (Å²) in [5, 5.41) is 0. The van der Waals surface area contributed by atoms with Crippen molar-refractivity contribution < 1.29 is 23.0 Å². The molecule has 0 heterocycles. The highest BCUT2D eigenvalue weighted by atomic mass is 19.2. The quantitative estimate of drug-likeness (QED) is 0.296. The van der Waals surface area contributed by atoms with Crippen molar-refractivity contribution in [3.8, 4) is 11.5 Å². The van der Waals surface area contributed by atoms with Crippen molar-refractivity contribution in [3.05, 3.63) is 36.1 Å². The highest BCUT2D eigenvalue weighted by Gasteiger charge is 2.33. The van der Waals surface area contributed by atoms with Crippen molar-refractivity contribution >= 4 is 5.97 Å². The molecule has 2 aliphatic rings. The molecule has 29 heavy (non-hydrogen) atoms. The number of rotatable bonds is 6. The molecule has 3 nitrogen and oxygen atoms in total. The fraction of sp³-hybridized carbons (Fsp3) is 0.625. The minimum Gasteiger partial charge on any atom is -0.462 e. The van der Waals surface area contributed by atoms with Crippen LogP contribution in [-0.4, -0.2) is 5.97 Å². The van der Waals surface area contributed by atoms with Crippen molar-refractivity contribution in [3.63, 3.8) is 0 Å². The van der Waals surface area contributed by atoms with E-state index in [2.05, 4.69) is 6.92 Å². The van der Waals surface area contributed by atoms with Crippen molar-refractivity contribution in [1.82, 2.24) is 0 Å². The van der Waals surface area contributed by atoms with Crippen LogP contribution in [0.3, 0.4) is 0 Å². The lowest BCUT2D eigenvalue weighted by molar-refractivity contribution is -0.140. The van der Waals surface area contributed by atoms with E-state index in [9.17, 15) is 13.6 Å². The van der Waals surface area contributed by atoms with Gasteiger partial charge in [0.2, 0.25) is 11.6 Å². The fourth-order valence-electron chi connectivity index (χ4n) is 4.91. The van der Waals surface area contributed by atoms with Crippen LogP contribution in [0, 0.1) is 35.3 Å². The maximum Gasteiger partial charge on any atom is 0.314 e. The molecule has 0 spiro atoms. The van der Waals surface area contributed by atoms with Crippen molar-refractivity contribution in [2.45, 2.75) is 71.6 Å². The summed E-state index contributed by atoms with van der Waals surface area (Å²) in [6, 6.07) is 2.51. The maximum absolute atomic E-state index is 14.2. The fourth-order valence-corrected chi connectivity index (χ4v) is 4.91. The summed E-state index contributed by atoms with van der Waals surface area (Å²) in [7, 11) is 0. The molecule has 0 saturated heterocycles.